The lowest BCUT2D eigenvalue weighted by molar-refractivity contribution is -0.118. The molecule has 0 spiro atoms. The van der Waals surface area contributed by atoms with Gasteiger partial charge in [-0.1, -0.05) is 36.4 Å². The number of para-hydroxylation sites is 1. The van der Waals surface area contributed by atoms with E-state index in [1.165, 1.54) is 0 Å². The van der Waals surface area contributed by atoms with Crippen molar-refractivity contribution in [3.05, 3.63) is 89.0 Å². The predicted octanol–water partition coefficient (Wildman–Crippen LogP) is 4.58. The van der Waals surface area contributed by atoms with Crippen molar-refractivity contribution in [3.63, 3.8) is 0 Å². The summed E-state index contributed by atoms with van der Waals surface area (Å²) in [6.07, 6.45) is 2.45. The molecular formula is C26H25N3O3S. The van der Waals surface area contributed by atoms with E-state index in [0.717, 1.165) is 29.5 Å². The molecule has 7 heteroatoms. The Morgan fingerprint density at radius 2 is 1.85 bits per heavy atom. The summed E-state index contributed by atoms with van der Waals surface area (Å²) >= 11 is 0. The van der Waals surface area contributed by atoms with Crippen LogP contribution in [0.4, 0.5) is 11.4 Å². The summed E-state index contributed by atoms with van der Waals surface area (Å²) < 4.78 is 28.8. The quantitative estimate of drug-likeness (QED) is 0.584. The molecule has 1 heterocycles. The van der Waals surface area contributed by atoms with Crippen LogP contribution in [-0.2, 0) is 27.7 Å². The van der Waals surface area contributed by atoms with E-state index in [4.69, 9.17) is 5.26 Å². The highest BCUT2D eigenvalue weighted by molar-refractivity contribution is 7.92. The zero-order valence-corrected chi connectivity index (χ0v) is 19.2. The lowest BCUT2D eigenvalue weighted by Gasteiger charge is -2.32. The Kier molecular flexibility index (Phi) is 6.47. The topological polar surface area (TPSA) is 90.3 Å². The molecule has 0 saturated carbocycles. The van der Waals surface area contributed by atoms with Gasteiger partial charge in [0, 0.05) is 13.0 Å². The first-order valence-corrected chi connectivity index (χ1v) is 12.4. The number of nitrogens with one attached hydrogen (secondary N) is 1. The fourth-order valence-electron chi connectivity index (χ4n) is 4.10. The summed E-state index contributed by atoms with van der Waals surface area (Å²) in [5.74, 6) is -0.0532. The van der Waals surface area contributed by atoms with Crippen LogP contribution in [0.5, 0.6) is 0 Å². The van der Waals surface area contributed by atoms with Crippen molar-refractivity contribution in [2.75, 3.05) is 16.2 Å². The van der Waals surface area contributed by atoms with E-state index >= 15 is 0 Å². The van der Waals surface area contributed by atoms with Crippen molar-refractivity contribution in [2.24, 2.45) is 0 Å². The normalized spacial score (nSPS) is 13.2. The van der Waals surface area contributed by atoms with Crippen molar-refractivity contribution in [1.82, 2.24) is 0 Å². The molecule has 0 fully saturated rings. The van der Waals surface area contributed by atoms with Crippen molar-refractivity contribution in [3.8, 4) is 6.07 Å². The number of benzene rings is 3. The maximum absolute atomic E-state index is 13.2. The number of carbonyl (C=O) groups excluding carboxylic acids is 1. The number of fused-ring (bicyclic) bond motifs is 1. The van der Waals surface area contributed by atoms with E-state index in [9.17, 15) is 13.2 Å². The number of hydrogen-bond acceptors (Lipinski definition) is 4. The summed E-state index contributed by atoms with van der Waals surface area (Å²) in [6.45, 7) is 2.39. The average molecular weight is 460 g/mol. The predicted molar refractivity (Wildman–Crippen MR) is 129 cm³/mol. The Hall–Kier alpha value is -3.63. The van der Waals surface area contributed by atoms with Crippen LogP contribution in [0.25, 0.3) is 0 Å². The molecule has 168 valence electrons. The minimum Gasteiger partial charge on any atom is -0.310 e. The smallest absolute Gasteiger partial charge is 0.261 e. The van der Waals surface area contributed by atoms with Gasteiger partial charge in [-0.3, -0.25) is 9.52 Å². The Balaban J connectivity index is 1.58. The zero-order valence-electron chi connectivity index (χ0n) is 18.4. The number of anilines is 2. The Morgan fingerprint density at radius 3 is 2.58 bits per heavy atom. The second kappa shape index (κ2) is 9.47. The maximum atomic E-state index is 13.2. The van der Waals surface area contributed by atoms with Crippen LogP contribution in [0.15, 0.2) is 71.6 Å². The standard InChI is InChI=1S/C26H25N3O3S/c1-19-5-2-8-23(17-19)33(31,32)28-24-9-3-6-22-7-4-16-29(26(22)24)25(30)15-14-20-10-12-21(18-27)13-11-20/h2-3,5-6,8-13,17,28H,4,7,14-16H2,1H3. The molecule has 0 aromatic heterocycles. The van der Waals surface area contributed by atoms with E-state index in [1.54, 1.807) is 41.3 Å². The first kappa shape index (κ1) is 22.6. The SMILES string of the molecule is Cc1cccc(S(=O)(=O)Nc2cccc3c2N(C(=O)CCc2ccc(C#N)cc2)CCC3)c1. The molecule has 1 aliphatic rings. The second-order valence-corrected chi connectivity index (χ2v) is 9.88. The molecule has 4 rings (SSSR count). The third kappa shape index (κ3) is 5.07. The minimum absolute atomic E-state index is 0.0532. The summed E-state index contributed by atoms with van der Waals surface area (Å²) in [5, 5.41) is 8.94. The van der Waals surface area contributed by atoms with Crippen molar-refractivity contribution in [1.29, 1.82) is 5.26 Å². The van der Waals surface area contributed by atoms with Crippen LogP contribution in [-0.4, -0.2) is 20.9 Å². The first-order chi connectivity index (χ1) is 15.9. The average Bonchev–Trinajstić information content (AvgIpc) is 2.82. The molecule has 0 aliphatic carbocycles. The summed E-state index contributed by atoms with van der Waals surface area (Å²) in [4.78, 5) is 15.1. The first-order valence-electron chi connectivity index (χ1n) is 10.9. The monoisotopic (exact) mass is 459 g/mol. The minimum atomic E-state index is -3.79. The lowest BCUT2D eigenvalue weighted by atomic mass is 9.99. The van der Waals surface area contributed by atoms with Crippen molar-refractivity contribution < 1.29 is 13.2 Å². The molecule has 3 aromatic rings. The second-order valence-electron chi connectivity index (χ2n) is 8.19. The van der Waals surface area contributed by atoms with Crippen molar-refractivity contribution in [2.45, 2.75) is 37.5 Å². The molecule has 0 radical (unpaired) electrons. The Labute approximate surface area is 194 Å². The molecule has 6 nitrogen and oxygen atoms in total. The number of carbonyl (C=O) groups is 1. The molecule has 1 amide bonds. The number of aryl methyl sites for hydroxylation is 3. The van der Waals surface area contributed by atoms with E-state index in [0.29, 0.717) is 36.3 Å². The van der Waals surface area contributed by atoms with Gasteiger partial charge in [-0.2, -0.15) is 5.26 Å². The lowest BCUT2D eigenvalue weighted by Crippen LogP contribution is -2.36. The molecule has 33 heavy (non-hydrogen) atoms. The summed E-state index contributed by atoms with van der Waals surface area (Å²) in [5.41, 5.74) is 4.43. The molecule has 0 atom stereocenters. The Bertz CT molecular complexity index is 1330. The number of amides is 1. The van der Waals surface area contributed by atoms with Crippen LogP contribution in [0, 0.1) is 18.3 Å². The van der Waals surface area contributed by atoms with Gasteiger partial charge in [0.1, 0.15) is 0 Å². The maximum Gasteiger partial charge on any atom is 0.261 e. The highest BCUT2D eigenvalue weighted by Gasteiger charge is 2.27. The van der Waals surface area contributed by atoms with Gasteiger partial charge < -0.3 is 4.90 Å². The summed E-state index contributed by atoms with van der Waals surface area (Å²) in [6, 6.07) is 21.5. The van der Waals surface area contributed by atoms with Crippen molar-refractivity contribution >= 4 is 27.3 Å². The van der Waals surface area contributed by atoms with Gasteiger partial charge in [0.15, 0.2) is 0 Å². The molecule has 1 aliphatic heterocycles. The number of nitrogens with zero attached hydrogens (tertiary/aromatic N) is 2. The number of sulfonamides is 1. The van der Waals surface area contributed by atoms with Crippen LogP contribution in [0.2, 0.25) is 0 Å². The van der Waals surface area contributed by atoms with E-state index in [-0.39, 0.29) is 10.8 Å². The van der Waals surface area contributed by atoms with Crippen LogP contribution < -0.4 is 9.62 Å². The van der Waals surface area contributed by atoms with Gasteiger partial charge in [0.2, 0.25) is 5.91 Å². The van der Waals surface area contributed by atoms with Gasteiger partial charge in [0.05, 0.1) is 27.9 Å². The van der Waals surface area contributed by atoms with Crippen LogP contribution >= 0.6 is 0 Å². The van der Waals surface area contributed by atoms with E-state index in [1.807, 2.05) is 37.3 Å². The van der Waals surface area contributed by atoms with Gasteiger partial charge in [0.25, 0.3) is 10.0 Å². The molecule has 0 bridgehead atoms. The van der Waals surface area contributed by atoms with E-state index in [2.05, 4.69) is 10.8 Å². The molecule has 3 aromatic carbocycles. The van der Waals surface area contributed by atoms with Gasteiger partial charge >= 0.3 is 0 Å². The fourth-order valence-corrected chi connectivity index (χ4v) is 5.27. The molecule has 0 saturated heterocycles. The highest BCUT2D eigenvalue weighted by Crippen LogP contribution is 2.36. The highest BCUT2D eigenvalue weighted by atomic mass is 32.2. The van der Waals surface area contributed by atoms with Gasteiger partial charge in [-0.05, 0) is 73.2 Å². The zero-order chi connectivity index (χ0) is 23.4. The van der Waals surface area contributed by atoms with Gasteiger partial charge in [-0.15, -0.1) is 0 Å². The largest absolute Gasteiger partial charge is 0.310 e. The van der Waals surface area contributed by atoms with Crippen LogP contribution in [0.1, 0.15) is 35.1 Å². The Morgan fingerprint density at radius 1 is 1.09 bits per heavy atom. The number of rotatable bonds is 6. The summed E-state index contributed by atoms with van der Waals surface area (Å²) in [7, 11) is -3.79. The fraction of sp³-hybridized carbons (Fsp3) is 0.231. The van der Waals surface area contributed by atoms with Crippen LogP contribution in [0.3, 0.4) is 0 Å². The number of nitriles is 1. The number of hydrogen-bond donors (Lipinski definition) is 1. The van der Waals surface area contributed by atoms with E-state index < -0.39 is 10.0 Å². The molecule has 1 N–H and O–H groups in total. The third-order valence-electron chi connectivity index (χ3n) is 5.77. The third-order valence-corrected chi connectivity index (χ3v) is 7.14. The molecular weight excluding hydrogens is 434 g/mol. The molecule has 0 unspecified atom stereocenters. The van der Waals surface area contributed by atoms with Gasteiger partial charge in [-0.25, -0.2) is 8.42 Å².